The number of aliphatic imine (C=N–C) groups is 1. The van der Waals surface area contributed by atoms with E-state index < -0.39 is 0 Å². The van der Waals surface area contributed by atoms with Crippen molar-refractivity contribution in [3.05, 3.63) is 42.5 Å². The Labute approximate surface area is 162 Å². The first-order chi connectivity index (χ1) is 13.1. The van der Waals surface area contributed by atoms with Crippen LogP contribution in [-0.4, -0.2) is 69.1 Å². The molecule has 3 heterocycles. The standard InChI is InChI=1S/C19H20N4O3S/c1-2-7-22-18(25)16(20-19(22)27)15-13-5-3-4-6-14(13)23(17(15)24)12-21-8-10-26-11-9-21/h2-6,24H,1,7-12H2. The van der Waals surface area contributed by atoms with Crippen LogP contribution in [-0.2, 0) is 16.2 Å². The maximum absolute atomic E-state index is 12.8. The van der Waals surface area contributed by atoms with E-state index in [2.05, 4.69) is 16.5 Å². The van der Waals surface area contributed by atoms with Crippen molar-refractivity contribution in [2.24, 2.45) is 4.99 Å². The largest absolute Gasteiger partial charge is 0.494 e. The number of morpholine rings is 1. The number of aromatic nitrogens is 1. The topological polar surface area (TPSA) is 70.3 Å². The molecule has 1 aromatic heterocycles. The number of aromatic hydroxyl groups is 1. The van der Waals surface area contributed by atoms with Gasteiger partial charge in [0, 0.05) is 25.0 Å². The molecule has 1 N–H and O–H groups in total. The van der Waals surface area contributed by atoms with Crippen LogP contribution in [0, 0.1) is 0 Å². The molecule has 1 aromatic carbocycles. The van der Waals surface area contributed by atoms with Crippen LogP contribution in [0.25, 0.3) is 10.9 Å². The number of carbonyl (C=O) groups is 1. The van der Waals surface area contributed by atoms with Gasteiger partial charge < -0.3 is 9.84 Å². The molecule has 1 amide bonds. The Balaban J connectivity index is 1.79. The molecule has 27 heavy (non-hydrogen) atoms. The van der Waals surface area contributed by atoms with Crippen molar-refractivity contribution in [1.29, 1.82) is 0 Å². The zero-order chi connectivity index (χ0) is 19.0. The molecule has 0 unspecified atom stereocenters. The minimum atomic E-state index is -0.315. The lowest BCUT2D eigenvalue weighted by molar-refractivity contribution is -0.119. The maximum atomic E-state index is 12.8. The van der Waals surface area contributed by atoms with Gasteiger partial charge in [0.25, 0.3) is 5.91 Å². The average molecular weight is 384 g/mol. The summed E-state index contributed by atoms with van der Waals surface area (Å²) < 4.78 is 7.21. The molecule has 0 aliphatic carbocycles. The number of ether oxygens (including phenoxy) is 1. The summed E-state index contributed by atoms with van der Waals surface area (Å²) in [4.78, 5) is 20.7. The van der Waals surface area contributed by atoms with Gasteiger partial charge in [0.1, 0.15) is 5.71 Å². The van der Waals surface area contributed by atoms with Crippen molar-refractivity contribution >= 4 is 39.9 Å². The lowest BCUT2D eigenvalue weighted by Crippen LogP contribution is -2.37. The number of carbonyl (C=O) groups excluding carboxylic acids is 1. The molecule has 8 heteroatoms. The summed E-state index contributed by atoms with van der Waals surface area (Å²) in [5.74, 6) is -0.289. The predicted molar refractivity (Wildman–Crippen MR) is 107 cm³/mol. The zero-order valence-electron chi connectivity index (χ0n) is 14.8. The third kappa shape index (κ3) is 3.05. The molecule has 4 rings (SSSR count). The third-order valence-electron chi connectivity index (χ3n) is 4.82. The van der Waals surface area contributed by atoms with Crippen molar-refractivity contribution in [2.45, 2.75) is 6.67 Å². The molecule has 0 bridgehead atoms. The summed E-state index contributed by atoms with van der Waals surface area (Å²) in [6.07, 6.45) is 1.60. The van der Waals surface area contributed by atoms with Crippen LogP contribution in [0.4, 0.5) is 0 Å². The quantitative estimate of drug-likeness (QED) is 0.628. The average Bonchev–Trinajstić information content (AvgIpc) is 3.11. The van der Waals surface area contributed by atoms with Crippen molar-refractivity contribution < 1.29 is 14.6 Å². The molecule has 1 saturated heterocycles. The molecule has 0 atom stereocenters. The van der Waals surface area contributed by atoms with Crippen LogP contribution < -0.4 is 0 Å². The summed E-state index contributed by atoms with van der Waals surface area (Å²) in [7, 11) is 0. The summed E-state index contributed by atoms with van der Waals surface area (Å²) in [5, 5.41) is 12.0. The van der Waals surface area contributed by atoms with Gasteiger partial charge in [-0.05, 0) is 18.3 Å². The van der Waals surface area contributed by atoms with E-state index in [1.54, 1.807) is 6.08 Å². The SMILES string of the molecule is C=CCN1C(=O)C(c2c(O)n(CN3CCOCC3)c3ccccc23)=NC1=S. The summed E-state index contributed by atoms with van der Waals surface area (Å²) in [6.45, 7) is 7.37. The fourth-order valence-corrected chi connectivity index (χ4v) is 3.73. The second-order valence-electron chi connectivity index (χ2n) is 6.46. The van der Waals surface area contributed by atoms with Crippen molar-refractivity contribution in [1.82, 2.24) is 14.4 Å². The number of nitrogens with zero attached hydrogens (tertiary/aromatic N) is 4. The van der Waals surface area contributed by atoms with Crippen LogP contribution in [0.15, 0.2) is 41.9 Å². The van der Waals surface area contributed by atoms with Crippen molar-refractivity contribution in [3.63, 3.8) is 0 Å². The van der Waals surface area contributed by atoms with Gasteiger partial charge in [0.2, 0.25) is 11.0 Å². The Hall–Kier alpha value is -2.55. The maximum Gasteiger partial charge on any atom is 0.279 e. The number of para-hydroxylation sites is 1. The Bertz CT molecular complexity index is 959. The molecular formula is C19H20N4O3S. The van der Waals surface area contributed by atoms with Gasteiger partial charge in [-0.3, -0.25) is 19.2 Å². The minimum Gasteiger partial charge on any atom is -0.494 e. The van der Waals surface area contributed by atoms with E-state index in [1.807, 2.05) is 28.8 Å². The number of fused-ring (bicyclic) bond motifs is 1. The van der Waals surface area contributed by atoms with Crippen LogP contribution in [0.5, 0.6) is 5.88 Å². The predicted octanol–water partition coefficient (Wildman–Crippen LogP) is 1.74. The van der Waals surface area contributed by atoms with Crippen molar-refractivity contribution in [2.75, 3.05) is 32.8 Å². The monoisotopic (exact) mass is 384 g/mol. The molecule has 0 spiro atoms. The number of amides is 1. The summed E-state index contributed by atoms with van der Waals surface area (Å²) in [5.41, 5.74) is 1.45. The Morgan fingerprint density at radius 2 is 2.04 bits per heavy atom. The van der Waals surface area contributed by atoms with Crippen LogP contribution in [0.3, 0.4) is 0 Å². The molecule has 2 aliphatic heterocycles. The third-order valence-corrected chi connectivity index (χ3v) is 5.13. The molecule has 2 aliphatic rings. The first kappa shape index (κ1) is 17.8. The van der Waals surface area contributed by atoms with Crippen molar-refractivity contribution in [3.8, 4) is 5.88 Å². The highest BCUT2D eigenvalue weighted by molar-refractivity contribution is 7.80. The van der Waals surface area contributed by atoms with Crippen LogP contribution >= 0.6 is 12.2 Å². The van der Waals surface area contributed by atoms with E-state index in [1.165, 1.54) is 4.90 Å². The van der Waals surface area contributed by atoms with E-state index in [0.29, 0.717) is 25.4 Å². The van der Waals surface area contributed by atoms with Gasteiger partial charge in [-0.15, -0.1) is 6.58 Å². The van der Waals surface area contributed by atoms with Gasteiger partial charge in [-0.25, -0.2) is 4.99 Å². The minimum absolute atomic E-state index is 0.0260. The van der Waals surface area contributed by atoms with E-state index in [4.69, 9.17) is 17.0 Å². The number of benzene rings is 1. The Morgan fingerprint density at radius 3 is 2.78 bits per heavy atom. The molecular weight excluding hydrogens is 364 g/mol. The molecule has 0 saturated carbocycles. The number of hydrogen-bond acceptors (Lipinski definition) is 5. The second kappa shape index (κ2) is 7.22. The first-order valence-corrected chi connectivity index (χ1v) is 9.18. The highest BCUT2D eigenvalue weighted by Crippen LogP contribution is 2.34. The molecule has 0 radical (unpaired) electrons. The summed E-state index contributed by atoms with van der Waals surface area (Å²) >= 11 is 5.22. The van der Waals surface area contributed by atoms with Gasteiger partial charge in [-0.2, -0.15) is 0 Å². The highest BCUT2D eigenvalue weighted by Gasteiger charge is 2.35. The normalized spacial score (nSPS) is 18.4. The fraction of sp³-hybridized carbons (Fsp3) is 0.316. The first-order valence-electron chi connectivity index (χ1n) is 8.78. The van der Waals surface area contributed by atoms with E-state index in [-0.39, 0.29) is 29.2 Å². The van der Waals surface area contributed by atoms with Crippen LogP contribution in [0.1, 0.15) is 5.56 Å². The molecule has 2 aromatic rings. The van der Waals surface area contributed by atoms with E-state index in [0.717, 1.165) is 24.0 Å². The number of thiocarbonyl (C=S) groups is 1. The second-order valence-corrected chi connectivity index (χ2v) is 6.83. The highest BCUT2D eigenvalue weighted by atomic mass is 32.1. The van der Waals surface area contributed by atoms with Gasteiger partial charge in [0.05, 0.1) is 31.0 Å². The fourth-order valence-electron chi connectivity index (χ4n) is 3.48. The van der Waals surface area contributed by atoms with Gasteiger partial charge in [-0.1, -0.05) is 24.3 Å². The lowest BCUT2D eigenvalue weighted by Gasteiger charge is -2.27. The lowest BCUT2D eigenvalue weighted by atomic mass is 10.1. The molecule has 1 fully saturated rings. The Kier molecular flexibility index (Phi) is 4.77. The number of hydrogen-bond donors (Lipinski definition) is 1. The van der Waals surface area contributed by atoms with E-state index >= 15 is 0 Å². The van der Waals surface area contributed by atoms with Crippen LogP contribution in [0.2, 0.25) is 0 Å². The smallest absolute Gasteiger partial charge is 0.279 e. The summed E-state index contributed by atoms with van der Waals surface area (Å²) in [6, 6.07) is 7.60. The zero-order valence-corrected chi connectivity index (χ0v) is 15.6. The molecule has 7 nitrogen and oxygen atoms in total. The van der Waals surface area contributed by atoms with Gasteiger partial charge in [0.15, 0.2) is 0 Å². The molecule has 140 valence electrons. The Morgan fingerprint density at radius 1 is 1.30 bits per heavy atom. The van der Waals surface area contributed by atoms with E-state index in [9.17, 15) is 9.90 Å². The van der Waals surface area contributed by atoms with Gasteiger partial charge >= 0.3 is 0 Å². The number of rotatable bonds is 5.